The van der Waals surface area contributed by atoms with Gasteiger partial charge >= 0.3 is 0 Å². The van der Waals surface area contributed by atoms with Gasteiger partial charge in [-0.3, -0.25) is 4.79 Å². The minimum absolute atomic E-state index is 0.162. The first-order chi connectivity index (χ1) is 5.20. The maximum atomic E-state index is 10.5. The minimum atomic E-state index is -0.286. The van der Waals surface area contributed by atoms with Crippen molar-refractivity contribution < 1.29 is 4.79 Å². The maximum absolute atomic E-state index is 10.5. The molecule has 2 nitrogen and oxygen atoms in total. The highest BCUT2D eigenvalue weighted by Crippen LogP contribution is 2.11. The van der Waals surface area contributed by atoms with Gasteiger partial charge in [-0.05, 0) is 30.7 Å². The normalized spacial score (nSPS) is 12.9. The Morgan fingerprint density at radius 1 is 1.55 bits per heavy atom. The summed E-state index contributed by atoms with van der Waals surface area (Å²) in [5.41, 5.74) is 0. The van der Waals surface area contributed by atoms with Crippen LogP contribution in [0.4, 0.5) is 0 Å². The molecule has 0 aliphatic rings. The van der Waals surface area contributed by atoms with Crippen molar-refractivity contribution in [1.82, 2.24) is 4.57 Å². The van der Waals surface area contributed by atoms with E-state index in [0.717, 1.165) is 0 Å². The fourth-order valence-electron chi connectivity index (χ4n) is 0.979. The Kier molecular flexibility index (Phi) is 2.71. The molecule has 11 heavy (non-hydrogen) atoms. The summed E-state index contributed by atoms with van der Waals surface area (Å²) in [5.74, 6) is 0. The number of nitrogens with zero attached hydrogens (tertiary/aromatic N) is 1. The molecule has 1 aromatic rings. The zero-order valence-electron chi connectivity index (χ0n) is 6.33. The smallest absolute Gasteiger partial charge is 0.223 e. The van der Waals surface area contributed by atoms with E-state index in [4.69, 9.17) is 11.6 Å². The Morgan fingerprint density at radius 3 is 2.55 bits per heavy atom. The van der Waals surface area contributed by atoms with Gasteiger partial charge < -0.3 is 4.57 Å². The number of rotatable bonds is 3. The van der Waals surface area contributed by atoms with E-state index in [1.54, 1.807) is 0 Å². The van der Waals surface area contributed by atoms with Crippen LogP contribution in [-0.4, -0.2) is 9.81 Å². The van der Waals surface area contributed by atoms with E-state index >= 15 is 0 Å². The third kappa shape index (κ3) is 2.39. The summed E-state index contributed by atoms with van der Waals surface area (Å²) >= 11 is 5.24. The van der Waals surface area contributed by atoms with Gasteiger partial charge in [0, 0.05) is 24.9 Å². The summed E-state index contributed by atoms with van der Waals surface area (Å²) in [4.78, 5) is 10.5. The summed E-state index contributed by atoms with van der Waals surface area (Å²) < 4.78 is 1.96. The van der Waals surface area contributed by atoms with E-state index in [2.05, 4.69) is 0 Å². The number of aromatic nitrogens is 1. The zero-order valence-corrected chi connectivity index (χ0v) is 7.08. The predicted octanol–water partition coefficient (Wildman–Crippen LogP) is 2.20. The molecule has 1 rings (SSSR count). The molecule has 0 saturated carbocycles. The molecule has 0 aliphatic carbocycles. The Morgan fingerprint density at radius 2 is 2.09 bits per heavy atom. The molecular weight excluding hydrogens is 162 g/mol. The van der Waals surface area contributed by atoms with E-state index < -0.39 is 0 Å². The van der Waals surface area contributed by atoms with Gasteiger partial charge in [-0.2, -0.15) is 0 Å². The van der Waals surface area contributed by atoms with E-state index in [9.17, 15) is 4.79 Å². The van der Waals surface area contributed by atoms with Gasteiger partial charge in [0.2, 0.25) is 5.24 Å². The topological polar surface area (TPSA) is 22.0 Å². The summed E-state index contributed by atoms with van der Waals surface area (Å²) in [5, 5.41) is -0.286. The van der Waals surface area contributed by atoms with E-state index in [0.29, 0.717) is 6.42 Å². The number of carbonyl (C=O) groups is 1. The molecule has 0 aromatic carbocycles. The van der Waals surface area contributed by atoms with Crippen LogP contribution in [-0.2, 0) is 4.79 Å². The van der Waals surface area contributed by atoms with E-state index in [1.165, 1.54) is 0 Å². The monoisotopic (exact) mass is 171 g/mol. The van der Waals surface area contributed by atoms with Crippen molar-refractivity contribution in [3.8, 4) is 0 Å². The molecule has 1 aromatic heterocycles. The lowest BCUT2D eigenvalue weighted by Gasteiger charge is -2.09. The first-order valence-corrected chi connectivity index (χ1v) is 3.88. The number of carbonyl (C=O) groups excluding carboxylic acids is 1. The second-order valence-electron chi connectivity index (χ2n) is 2.54. The molecule has 1 heterocycles. The highest BCUT2D eigenvalue weighted by atomic mass is 35.5. The number of hydrogen-bond acceptors (Lipinski definition) is 1. The first kappa shape index (κ1) is 8.34. The van der Waals surface area contributed by atoms with Gasteiger partial charge in [0.05, 0.1) is 0 Å². The molecule has 0 N–H and O–H groups in total. The standard InChI is InChI=1S/C8H10ClNO/c1-7(6-8(9)11)10-4-2-3-5-10/h2-5,7H,6H2,1H3/t7-/m1/s1. The van der Waals surface area contributed by atoms with Crippen LogP contribution in [0.5, 0.6) is 0 Å². The van der Waals surface area contributed by atoms with E-state index in [1.807, 2.05) is 36.0 Å². The Balaban J connectivity index is 2.56. The highest BCUT2D eigenvalue weighted by molar-refractivity contribution is 6.63. The molecule has 0 spiro atoms. The number of halogens is 1. The van der Waals surface area contributed by atoms with Crippen molar-refractivity contribution in [2.75, 3.05) is 0 Å². The maximum Gasteiger partial charge on any atom is 0.223 e. The average molecular weight is 172 g/mol. The third-order valence-corrected chi connectivity index (χ3v) is 1.75. The molecule has 0 unspecified atom stereocenters. The SMILES string of the molecule is C[C@H](CC(=O)Cl)n1cccc1. The molecule has 60 valence electrons. The number of hydrogen-bond donors (Lipinski definition) is 0. The predicted molar refractivity (Wildman–Crippen MR) is 44.6 cm³/mol. The first-order valence-electron chi connectivity index (χ1n) is 3.51. The fraction of sp³-hybridized carbons (Fsp3) is 0.375. The van der Waals surface area contributed by atoms with Crippen molar-refractivity contribution in [3.05, 3.63) is 24.5 Å². The average Bonchev–Trinajstić information content (AvgIpc) is 2.35. The van der Waals surface area contributed by atoms with Crippen LogP contribution >= 0.6 is 11.6 Å². The van der Waals surface area contributed by atoms with Crippen molar-refractivity contribution in [3.63, 3.8) is 0 Å². The largest absolute Gasteiger partial charge is 0.351 e. The molecule has 1 atom stereocenters. The van der Waals surface area contributed by atoms with Gasteiger partial charge in [-0.1, -0.05) is 0 Å². The van der Waals surface area contributed by atoms with E-state index in [-0.39, 0.29) is 11.3 Å². The second-order valence-corrected chi connectivity index (χ2v) is 2.96. The van der Waals surface area contributed by atoms with Crippen LogP contribution in [0.15, 0.2) is 24.5 Å². The van der Waals surface area contributed by atoms with Gasteiger partial charge in [0.25, 0.3) is 0 Å². The van der Waals surface area contributed by atoms with Crippen LogP contribution in [0.2, 0.25) is 0 Å². The van der Waals surface area contributed by atoms with Gasteiger partial charge in [0.1, 0.15) is 0 Å². The molecule has 0 saturated heterocycles. The van der Waals surface area contributed by atoms with Crippen LogP contribution < -0.4 is 0 Å². The third-order valence-electron chi connectivity index (χ3n) is 1.59. The Labute approximate surface area is 70.8 Å². The summed E-state index contributed by atoms with van der Waals surface area (Å²) in [6.45, 7) is 1.96. The van der Waals surface area contributed by atoms with Gasteiger partial charge in [-0.25, -0.2) is 0 Å². The van der Waals surface area contributed by atoms with Crippen molar-refractivity contribution >= 4 is 16.8 Å². The lowest BCUT2D eigenvalue weighted by molar-refractivity contribution is -0.112. The summed E-state index contributed by atoms with van der Waals surface area (Å²) in [6, 6.07) is 4.01. The van der Waals surface area contributed by atoms with Gasteiger partial charge in [-0.15, -0.1) is 0 Å². The van der Waals surface area contributed by atoms with Crippen molar-refractivity contribution in [1.29, 1.82) is 0 Å². The highest BCUT2D eigenvalue weighted by Gasteiger charge is 2.06. The van der Waals surface area contributed by atoms with Crippen LogP contribution in [0.1, 0.15) is 19.4 Å². The molecule has 0 aliphatic heterocycles. The molecule has 3 heteroatoms. The quantitative estimate of drug-likeness (QED) is 0.640. The fourth-order valence-corrected chi connectivity index (χ4v) is 1.20. The van der Waals surface area contributed by atoms with Crippen LogP contribution in [0.3, 0.4) is 0 Å². The van der Waals surface area contributed by atoms with Gasteiger partial charge in [0.15, 0.2) is 0 Å². The Hall–Kier alpha value is -0.760. The lowest BCUT2D eigenvalue weighted by Crippen LogP contribution is -2.05. The molecule has 0 amide bonds. The summed E-state index contributed by atoms with van der Waals surface area (Å²) in [6.07, 6.45) is 4.23. The minimum Gasteiger partial charge on any atom is -0.351 e. The van der Waals surface area contributed by atoms with Crippen LogP contribution in [0.25, 0.3) is 0 Å². The molecule has 0 radical (unpaired) electrons. The van der Waals surface area contributed by atoms with Crippen molar-refractivity contribution in [2.24, 2.45) is 0 Å². The van der Waals surface area contributed by atoms with Crippen molar-refractivity contribution in [2.45, 2.75) is 19.4 Å². The molecular formula is C8H10ClNO. The summed E-state index contributed by atoms with van der Waals surface area (Å²) in [7, 11) is 0. The second kappa shape index (κ2) is 3.58. The lowest BCUT2D eigenvalue weighted by atomic mass is 10.2. The molecule has 0 bridgehead atoms. The molecule has 0 fully saturated rings. The van der Waals surface area contributed by atoms with Crippen LogP contribution in [0, 0.1) is 0 Å². The zero-order chi connectivity index (χ0) is 8.27. The Bertz CT molecular complexity index is 230.